The van der Waals surface area contributed by atoms with Gasteiger partial charge in [-0.15, -0.1) is 0 Å². The molecule has 0 bridgehead atoms. The summed E-state index contributed by atoms with van der Waals surface area (Å²) in [5, 5.41) is 9.18. The summed E-state index contributed by atoms with van der Waals surface area (Å²) in [5.74, 6) is 1.05. The van der Waals surface area contributed by atoms with Crippen LogP contribution in [-0.2, 0) is 0 Å². The molecule has 0 aliphatic heterocycles. The van der Waals surface area contributed by atoms with E-state index >= 15 is 0 Å². The van der Waals surface area contributed by atoms with Gasteiger partial charge in [0, 0.05) is 18.4 Å². The normalized spacial score (nSPS) is 26.4. The number of fused-ring (bicyclic) bond motifs is 1. The number of nitrogens with zero attached hydrogens (tertiary/aromatic N) is 3. The molecule has 1 aliphatic rings. The van der Waals surface area contributed by atoms with Crippen LogP contribution in [0, 0.1) is 17.2 Å². The zero-order chi connectivity index (χ0) is 14.1. The minimum Gasteiger partial charge on any atom is -0.328 e. The standard InChI is InChI=1S/C16H18N4/c1-10-6-12(8-13(18)7-10)14-3-2-11(9-17)15-16(14)20-5-4-19-15/h2-5,10,12-13H,6-8,18H2,1H3/t10-,12?,13-/m1/s1. The van der Waals surface area contributed by atoms with Crippen LogP contribution in [-0.4, -0.2) is 16.0 Å². The monoisotopic (exact) mass is 266 g/mol. The van der Waals surface area contributed by atoms with Crippen LogP contribution in [0.1, 0.15) is 43.2 Å². The molecule has 3 rings (SSSR count). The van der Waals surface area contributed by atoms with Gasteiger partial charge in [0.25, 0.3) is 0 Å². The van der Waals surface area contributed by atoms with Crippen molar-refractivity contribution in [2.24, 2.45) is 11.7 Å². The number of nitriles is 1. The van der Waals surface area contributed by atoms with Crippen molar-refractivity contribution in [2.75, 3.05) is 0 Å². The molecular weight excluding hydrogens is 248 g/mol. The summed E-state index contributed by atoms with van der Waals surface area (Å²) < 4.78 is 0. The highest BCUT2D eigenvalue weighted by Gasteiger charge is 2.27. The summed E-state index contributed by atoms with van der Waals surface area (Å²) >= 11 is 0. The zero-order valence-electron chi connectivity index (χ0n) is 11.6. The molecule has 1 unspecified atom stereocenters. The van der Waals surface area contributed by atoms with Crippen molar-refractivity contribution < 1.29 is 0 Å². The van der Waals surface area contributed by atoms with Crippen molar-refractivity contribution in [3.63, 3.8) is 0 Å². The van der Waals surface area contributed by atoms with Gasteiger partial charge in [-0.2, -0.15) is 5.26 Å². The molecule has 4 nitrogen and oxygen atoms in total. The van der Waals surface area contributed by atoms with Crippen LogP contribution >= 0.6 is 0 Å². The zero-order valence-corrected chi connectivity index (χ0v) is 11.6. The molecule has 2 aromatic rings. The van der Waals surface area contributed by atoms with E-state index in [1.807, 2.05) is 12.1 Å². The maximum absolute atomic E-state index is 9.18. The summed E-state index contributed by atoms with van der Waals surface area (Å²) in [7, 11) is 0. The molecule has 0 amide bonds. The van der Waals surface area contributed by atoms with Crippen LogP contribution in [0.25, 0.3) is 11.0 Å². The lowest BCUT2D eigenvalue weighted by Crippen LogP contribution is -2.31. The van der Waals surface area contributed by atoms with Gasteiger partial charge < -0.3 is 5.73 Å². The average Bonchev–Trinajstić information content (AvgIpc) is 2.45. The van der Waals surface area contributed by atoms with E-state index in [-0.39, 0.29) is 6.04 Å². The van der Waals surface area contributed by atoms with Crippen molar-refractivity contribution in [3.8, 4) is 6.07 Å². The second-order valence-electron chi connectivity index (χ2n) is 5.84. The summed E-state index contributed by atoms with van der Waals surface area (Å²) in [6, 6.07) is 6.34. The number of benzene rings is 1. The second kappa shape index (κ2) is 5.18. The fourth-order valence-electron chi connectivity index (χ4n) is 3.41. The molecule has 1 aromatic heterocycles. The maximum atomic E-state index is 9.18. The van der Waals surface area contributed by atoms with Crippen LogP contribution in [0.3, 0.4) is 0 Å². The van der Waals surface area contributed by atoms with Gasteiger partial charge >= 0.3 is 0 Å². The first kappa shape index (κ1) is 13.0. The third-order valence-corrected chi connectivity index (χ3v) is 4.20. The van der Waals surface area contributed by atoms with Crippen LogP contribution in [0.5, 0.6) is 0 Å². The number of rotatable bonds is 1. The van der Waals surface area contributed by atoms with E-state index in [2.05, 4.69) is 23.0 Å². The molecule has 0 spiro atoms. The lowest BCUT2D eigenvalue weighted by Gasteiger charge is -2.31. The van der Waals surface area contributed by atoms with Crippen LogP contribution < -0.4 is 5.73 Å². The van der Waals surface area contributed by atoms with E-state index in [9.17, 15) is 5.26 Å². The Kier molecular flexibility index (Phi) is 3.37. The highest BCUT2D eigenvalue weighted by atomic mass is 14.8. The highest BCUT2D eigenvalue weighted by molar-refractivity contribution is 5.83. The maximum Gasteiger partial charge on any atom is 0.107 e. The quantitative estimate of drug-likeness (QED) is 0.861. The van der Waals surface area contributed by atoms with Gasteiger partial charge in [0.2, 0.25) is 0 Å². The third-order valence-electron chi connectivity index (χ3n) is 4.20. The van der Waals surface area contributed by atoms with Gasteiger partial charge in [-0.05, 0) is 42.7 Å². The summed E-state index contributed by atoms with van der Waals surface area (Å²) in [6.07, 6.45) is 6.55. The topological polar surface area (TPSA) is 75.6 Å². The van der Waals surface area contributed by atoms with Gasteiger partial charge in [0.05, 0.1) is 11.1 Å². The van der Waals surface area contributed by atoms with Crippen molar-refractivity contribution in [1.29, 1.82) is 5.26 Å². The molecule has 20 heavy (non-hydrogen) atoms. The first-order valence-corrected chi connectivity index (χ1v) is 7.08. The predicted octanol–water partition coefficient (Wildman–Crippen LogP) is 2.73. The molecule has 102 valence electrons. The van der Waals surface area contributed by atoms with Crippen molar-refractivity contribution in [1.82, 2.24) is 9.97 Å². The fourth-order valence-corrected chi connectivity index (χ4v) is 3.41. The Bertz CT molecular complexity index is 664. The minimum absolute atomic E-state index is 0.256. The third kappa shape index (κ3) is 2.25. The van der Waals surface area contributed by atoms with Gasteiger partial charge in [0.1, 0.15) is 11.6 Å². The molecular formula is C16H18N4. The molecule has 4 heteroatoms. The van der Waals surface area contributed by atoms with Crippen LogP contribution in [0.2, 0.25) is 0 Å². The lowest BCUT2D eigenvalue weighted by molar-refractivity contribution is 0.309. The molecule has 1 heterocycles. The summed E-state index contributed by atoms with van der Waals surface area (Å²) in [4.78, 5) is 8.79. The van der Waals surface area contributed by atoms with E-state index in [0.29, 0.717) is 22.9 Å². The molecule has 1 aromatic carbocycles. The summed E-state index contributed by atoms with van der Waals surface area (Å²) in [5.41, 5.74) is 9.51. The average molecular weight is 266 g/mol. The molecule has 1 fully saturated rings. The van der Waals surface area contributed by atoms with Gasteiger partial charge in [-0.1, -0.05) is 13.0 Å². The van der Waals surface area contributed by atoms with E-state index < -0.39 is 0 Å². The van der Waals surface area contributed by atoms with Crippen molar-refractivity contribution >= 4 is 11.0 Å². The van der Waals surface area contributed by atoms with Gasteiger partial charge in [0.15, 0.2) is 0 Å². The minimum atomic E-state index is 0.256. The van der Waals surface area contributed by atoms with Crippen molar-refractivity contribution in [2.45, 2.75) is 38.1 Å². The molecule has 0 radical (unpaired) electrons. The Hall–Kier alpha value is -1.99. The Morgan fingerprint density at radius 2 is 1.90 bits per heavy atom. The van der Waals surface area contributed by atoms with E-state index in [0.717, 1.165) is 24.8 Å². The van der Waals surface area contributed by atoms with Gasteiger partial charge in [-0.3, -0.25) is 9.97 Å². The van der Waals surface area contributed by atoms with E-state index in [1.54, 1.807) is 12.4 Å². The largest absolute Gasteiger partial charge is 0.328 e. The predicted molar refractivity (Wildman–Crippen MR) is 78.0 cm³/mol. The molecule has 3 atom stereocenters. The Labute approximate surface area is 118 Å². The van der Waals surface area contributed by atoms with Gasteiger partial charge in [-0.25, -0.2) is 0 Å². The highest BCUT2D eigenvalue weighted by Crippen LogP contribution is 2.38. The summed E-state index contributed by atoms with van der Waals surface area (Å²) in [6.45, 7) is 2.25. The van der Waals surface area contributed by atoms with Crippen LogP contribution in [0.15, 0.2) is 24.5 Å². The molecule has 2 N–H and O–H groups in total. The Morgan fingerprint density at radius 1 is 1.15 bits per heavy atom. The molecule has 1 saturated carbocycles. The number of nitrogens with two attached hydrogens (primary N) is 1. The first-order valence-electron chi connectivity index (χ1n) is 7.08. The molecule has 0 saturated heterocycles. The number of aromatic nitrogens is 2. The Morgan fingerprint density at radius 3 is 2.60 bits per heavy atom. The molecule has 1 aliphatic carbocycles. The fraction of sp³-hybridized carbons (Fsp3) is 0.438. The van der Waals surface area contributed by atoms with Crippen LogP contribution in [0.4, 0.5) is 0 Å². The Balaban J connectivity index is 2.11. The van der Waals surface area contributed by atoms with E-state index in [4.69, 9.17) is 5.73 Å². The first-order chi connectivity index (χ1) is 9.69. The SMILES string of the molecule is C[C@@H]1CC(c2ccc(C#N)c3nccnc23)C[C@H](N)C1. The van der Waals surface area contributed by atoms with Crippen molar-refractivity contribution in [3.05, 3.63) is 35.7 Å². The lowest BCUT2D eigenvalue weighted by atomic mass is 9.76. The van der Waals surface area contributed by atoms with E-state index in [1.165, 1.54) is 5.56 Å². The second-order valence-corrected chi connectivity index (χ2v) is 5.84. The number of hydrogen-bond acceptors (Lipinski definition) is 4. The smallest absolute Gasteiger partial charge is 0.107 e. The number of hydrogen-bond donors (Lipinski definition) is 1.